The van der Waals surface area contributed by atoms with E-state index in [0.717, 1.165) is 23.3 Å². The summed E-state index contributed by atoms with van der Waals surface area (Å²) in [7, 11) is 0. The monoisotopic (exact) mass is 353 g/mol. The highest BCUT2D eigenvalue weighted by molar-refractivity contribution is 5.95. The highest BCUT2D eigenvalue weighted by Gasteiger charge is 2.45. The maximum absolute atomic E-state index is 12.3. The molecule has 136 valence electrons. The highest BCUT2D eigenvalue weighted by atomic mass is 16.5. The van der Waals surface area contributed by atoms with Gasteiger partial charge in [-0.15, -0.1) is 0 Å². The topological polar surface area (TPSA) is 75.6 Å². The summed E-state index contributed by atoms with van der Waals surface area (Å²) in [5, 5.41) is 12.2. The number of hydrogen-bond donors (Lipinski definition) is 2. The summed E-state index contributed by atoms with van der Waals surface area (Å²) >= 11 is 0. The van der Waals surface area contributed by atoms with E-state index in [1.807, 2.05) is 49.4 Å². The zero-order chi connectivity index (χ0) is 18.6. The maximum Gasteiger partial charge on any atom is 0.310 e. The van der Waals surface area contributed by atoms with Gasteiger partial charge in [-0.3, -0.25) is 9.59 Å². The second-order valence-electron chi connectivity index (χ2n) is 6.91. The van der Waals surface area contributed by atoms with Crippen LogP contribution in [0, 0.1) is 12.3 Å². The molecule has 26 heavy (non-hydrogen) atoms. The van der Waals surface area contributed by atoms with Gasteiger partial charge in [0.15, 0.2) is 0 Å². The van der Waals surface area contributed by atoms with E-state index in [9.17, 15) is 14.7 Å². The fraction of sp³-hybridized carbons (Fsp3) is 0.333. The van der Waals surface area contributed by atoms with Gasteiger partial charge < -0.3 is 15.2 Å². The third kappa shape index (κ3) is 4.04. The molecule has 0 atom stereocenters. The van der Waals surface area contributed by atoms with Gasteiger partial charge in [-0.25, -0.2) is 0 Å². The van der Waals surface area contributed by atoms with Gasteiger partial charge in [-0.2, -0.15) is 0 Å². The Morgan fingerprint density at radius 3 is 2.46 bits per heavy atom. The molecule has 0 aliphatic heterocycles. The Labute approximate surface area is 153 Å². The lowest BCUT2D eigenvalue weighted by molar-refractivity contribution is -0.157. The predicted molar refractivity (Wildman–Crippen MR) is 99.1 cm³/mol. The number of amides is 1. The number of rotatable bonds is 7. The summed E-state index contributed by atoms with van der Waals surface area (Å²) in [5.41, 5.74) is 1.77. The van der Waals surface area contributed by atoms with Crippen LogP contribution in [-0.4, -0.2) is 17.0 Å². The van der Waals surface area contributed by atoms with Gasteiger partial charge >= 0.3 is 5.97 Å². The van der Waals surface area contributed by atoms with Crippen molar-refractivity contribution in [2.75, 3.05) is 5.32 Å². The Kier molecular flexibility index (Phi) is 5.26. The van der Waals surface area contributed by atoms with Crippen molar-refractivity contribution in [3.63, 3.8) is 0 Å². The Balaban J connectivity index is 1.59. The van der Waals surface area contributed by atoms with E-state index in [0.29, 0.717) is 25.1 Å². The minimum absolute atomic E-state index is 0.0219. The molecule has 2 N–H and O–H groups in total. The fourth-order valence-corrected chi connectivity index (χ4v) is 3.18. The molecule has 1 saturated carbocycles. The summed E-state index contributed by atoms with van der Waals surface area (Å²) in [6.45, 7) is 2.37. The molecule has 3 rings (SSSR count). The number of carbonyl (C=O) groups excluding carboxylic acids is 1. The van der Waals surface area contributed by atoms with Gasteiger partial charge in [0.05, 0.1) is 5.41 Å². The second-order valence-corrected chi connectivity index (χ2v) is 6.91. The van der Waals surface area contributed by atoms with Gasteiger partial charge in [0, 0.05) is 12.1 Å². The first-order valence-corrected chi connectivity index (χ1v) is 8.79. The number of aliphatic carboxylic acids is 1. The van der Waals surface area contributed by atoms with Crippen molar-refractivity contribution in [2.45, 2.75) is 39.2 Å². The molecule has 1 fully saturated rings. The first-order valence-electron chi connectivity index (χ1n) is 8.79. The number of benzene rings is 2. The minimum Gasteiger partial charge on any atom is -0.489 e. The largest absolute Gasteiger partial charge is 0.489 e. The molecular weight excluding hydrogens is 330 g/mol. The normalized spacial score (nSPS) is 15.0. The first-order chi connectivity index (χ1) is 12.5. The minimum atomic E-state index is -0.878. The van der Waals surface area contributed by atoms with Gasteiger partial charge in [0.25, 0.3) is 0 Å². The fourth-order valence-electron chi connectivity index (χ4n) is 3.18. The number of carbonyl (C=O) groups is 2. The van der Waals surface area contributed by atoms with Crippen LogP contribution in [0.2, 0.25) is 0 Å². The quantitative estimate of drug-likeness (QED) is 0.784. The van der Waals surface area contributed by atoms with Gasteiger partial charge in [0.1, 0.15) is 12.4 Å². The summed E-state index contributed by atoms with van der Waals surface area (Å²) < 4.78 is 5.78. The van der Waals surface area contributed by atoms with Crippen LogP contribution in [0.3, 0.4) is 0 Å². The molecule has 5 heteroatoms. The van der Waals surface area contributed by atoms with Crippen molar-refractivity contribution in [3.05, 3.63) is 59.7 Å². The molecule has 0 saturated heterocycles. The van der Waals surface area contributed by atoms with E-state index in [-0.39, 0.29) is 12.3 Å². The average Bonchev–Trinajstić information content (AvgIpc) is 2.59. The van der Waals surface area contributed by atoms with Crippen molar-refractivity contribution in [2.24, 2.45) is 5.41 Å². The van der Waals surface area contributed by atoms with E-state index >= 15 is 0 Å². The molecule has 2 aromatic rings. The van der Waals surface area contributed by atoms with Crippen LogP contribution in [0.5, 0.6) is 5.75 Å². The molecule has 0 radical (unpaired) electrons. The van der Waals surface area contributed by atoms with Crippen molar-refractivity contribution < 1.29 is 19.4 Å². The summed E-state index contributed by atoms with van der Waals surface area (Å²) in [6, 6.07) is 15.4. The van der Waals surface area contributed by atoms with Gasteiger partial charge in [-0.05, 0) is 49.1 Å². The highest BCUT2D eigenvalue weighted by Crippen LogP contribution is 2.44. The predicted octanol–water partition coefficient (Wildman–Crippen LogP) is 4.16. The number of aryl methyl sites for hydroxylation is 1. The van der Waals surface area contributed by atoms with E-state index < -0.39 is 11.4 Å². The third-order valence-corrected chi connectivity index (χ3v) is 4.98. The van der Waals surface area contributed by atoms with Crippen molar-refractivity contribution in [3.8, 4) is 5.75 Å². The lowest BCUT2D eigenvalue weighted by atomic mass is 9.66. The maximum atomic E-state index is 12.3. The summed E-state index contributed by atoms with van der Waals surface area (Å²) in [6.07, 6.45) is 2.03. The Morgan fingerprint density at radius 2 is 1.88 bits per heavy atom. The Morgan fingerprint density at radius 1 is 1.15 bits per heavy atom. The number of carboxylic acids is 1. The Bertz CT molecular complexity index is 797. The number of nitrogens with one attached hydrogen (secondary N) is 1. The molecule has 0 aromatic heterocycles. The molecular formula is C21H23NO4. The molecule has 0 unspecified atom stereocenters. The van der Waals surface area contributed by atoms with E-state index in [1.54, 1.807) is 6.07 Å². The van der Waals surface area contributed by atoms with Crippen LogP contribution in [0.1, 0.15) is 36.8 Å². The smallest absolute Gasteiger partial charge is 0.310 e. The van der Waals surface area contributed by atoms with Crippen LogP contribution in [0.4, 0.5) is 5.69 Å². The van der Waals surface area contributed by atoms with E-state index in [2.05, 4.69) is 5.32 Å². The lowest BCUT2D eigenvalue weighted by Gasteiger charge is -2.36. The lowest BCUT2D eigenvalue weighted by Crippen LogP contribution is -2.41. The van der Waals surface area contributed by atoms with Crippen LogP contribution < -0.4 is 10.1 Å². The van der Waals surface area contributed by atoms with Crippen LogP contribution in [0.25, 0.3) is 0 Å². The van der Waals surface area contributed by atoms with Crippen LogP contribution in [-0.2, 0) is 16.2 Å². The standard InChI is InChI=1S/C21H23NO4/c1-15-12-17(26-14-16-6-3-2-4-7-16)8-9-18(15)22-19(23)13-21(20(24)25)10-5-11-21/h2-4,6-9,12H,5,10-11,13-14H2,1H3,(H,22,23)(H,24,25). The van der Waals surface area contributed by atoms with Crippen LogP contribution in [0.15, 0.2) is 48.5 Å². The SMILES string of the molecule is Cc1cc(OCc2ccccc2)ccc1NC(=O)CC1(C(=O)O)CCC1. The van der Waals surface area contributed by atoms with E-state index in [4.69, 9.17) is 4.74 Å². The summed E-state index contributed by atoms with van der Waals surface area (Å²) in [4.78, 5) is 23.7. The van der Waals surface area contributed by atoms with Gasteiger partial charge in [0.2, 0.25) is 5.91 Å². The van der Waals surface area contributed by atoms with Crippen molar-refractivity contribution in [1.82, 2.24) is 0 Å². The molecule has 1 aliphatic rings. The zero-order valence-electron chi connectivity index (χ0n) is 14.8. The summed E-state index contributed by atoms with van der Waals surface area (Å²) in [5.74, 6) is -0.404. The molecule has 2 aromatic carbocycles. The van der Waals surface area contributed by atoms with Crippen LogP contribution >= 0.6 is 0 Å². The number of ether oxygens (including phenoxy) is 1. The Hall–Kier alpha value is -2.82. The first kappa shape index (κ1) is 18.0. The average molecular weight is 353 g/mol. The molecule has 0 bridgehead atoms. The molecule has 1 amide bonds. The number of hydrogen-bond acceptors (Lipinski definition) is 3. The van der Waals surface area contributed by atoms with Gasteiger partial charge in [-0.1, -0.05) is 36.8 Å². The molecule has 5 nitrogen and oxygen atoms in total. The third-order valence-electron chi connectivity index (χ3n) is 4.98. The number of anilines is 1. The number of carboxylic acid groups (broad SMARTS) is 1. The zero-order valence-corrected chi connectivity index (χ0v) is 14.8. The second kappa shape index (κ2) is 7.60. The van der Waals surface area contributed by atoms with E-state index in [1.165, 1.54) is 0 Å². The van der Waals surface area contributed by atoms with Crippen molar-refractivity contribution >= 4 is 17.6 Å². The van der Waals surface area contributed by atoms with Crippen molar-refractivity contribution in [1.29, 1.82) is 0 Å². The molecule has 1 aliphatic carbocycles. The molecule has 0 heterocycles. The molecule has 0 spiro atoms.